The second-order valence-corrected chi connectivity index (χ2v) is 2.34. The molecule has 0 bridgehead atoms. The molecule has 0 atom stereocenters. The number of nitrogen functional groups attached to an aromatic ring is 1. The number of aromatic nitrogens is 4. The maximum atomic E-state index is 5.24. The number of nitrogens with zero attached hydrogens (tertiary/aromatic N) is 4. The van der Waals surface area contributed by atoms with Crippen LogP contribution in [0.1, 0.15) is 5.82 Å². The Labute approximate surface area is 68.4 Å². The van der Waals surface area contributed by atoms with Gasteiger partial charge in [0.25, 0.3) is 0 Å². The summed E-state index contributed by atoms with van der Waals surface area (Å²) in [5.41, 5.74) is 3.18. The van der Waals surface area contributed by atoms with Crippen molar-refractivity contribution in [3.05, 3.63) is 18.1 Å². The Morgan fingerprint density at radius 1 is 1.50 bits per heavy atom. The summed E-state index contributed by atoms with van der Waals surface area (Å²) in [4.78, 5) is 8.18. The van der Waals surface area contributed by atoms with E-state index in [9.17, 15) is 0 Å². The second kappa shape index (κ2) is 2.42. The molecule has 0 saturated heterocycles. The van der Waals surface area contributed by atoms with Crippen molar-refractivity contribution in [3.8, 4) is 0 Å². The third-order valence-corrected chi connectivity index (χ3v) is 1.50. The van der Waals surface area contributed by atoms with Crippen molar-refractivity contribution >= 4 is 11.6 Å². The first-order chi connectivity index (χ1) is 5.81. The minimum Gasteiger partial charge on any atom is -0.292 e. The summed E-state index contributed by atoms with van der Waals surface area (Å²) < 4.78 is 1.53. The lowest BCUT2D eigenvalue weighted by molar-refractivity contribution is 0.870. The van der Waals surface area contributed by atoms with E-state index in [4.69, 9.17) is 5.84 Å². The lowest BCUT2D eigenvalue weighted by atomic mass is 10.6. The quantitative estimate of drug-likeness (QED) is 0.447. The number of hydrogen-bond acceptors (Lipinski definition) is 5. The van der Waals surface area contributed by atoms with E-state index in [1.807, 2.05) is 0 Å². The number of nitrogens with two attached hydrogens (primary N) is 1. The lowest BCUT2D eigenvalue weighted by Gasteiger charge is -2.01. The Morgan fingerprint density at radius 3 is 3.08 bits per heavy atom. The Hall–Kier alpha value is -1.69. The standard InChI is InChI=1S/C6H8N6/c1-4-9-5-2-3-8-12(5)6(10-4)11-7/h2-3H,7H2,1H3,(H,9,10,11). The Balaban J connectivity index is 2.80. The molecule has 0 fully saturated rings. The highest BCUT2D eigenvalue weighted by molar-refractivity contribution is 5.42. The molecule has 12 heavy (non-hydrogen) atoms. The number of hydrazine groups is 1. The van der Waals surface area contributed by atoms with Crippen LogP contribution in [0, 0.1) is 6.92 Å². The van der Waals surface area contributed by atoms with Gasteiger partial charge in [-0.2, -0.15) is 14.6 Å². The highest BCUT2D eigenvalue weighted by atomic mass is 15.4. The number of rotatable bonds is 1. The first kappa shape index (κ1) is 6.99. The number of aryl methyl sites for hydroxylation is 1. The smallest absolute Gasteiger partial charge is 0.242 e. The summed E-state index contributed by atoms with van der Waals surface area (Å²) >= 11 is 0. The van der Waals surface area contributed by atoms with Crippen LogP contribution in [0.2, 0.25) is 0 Å². The Kier molecular flexibility index (Phi) is 1.41. The molecule has 0 saturated carbocycles. The average Bonchev–Trinajstić information content (AvgIpc) is 2.50. The fraction of sp³-hybridized carbons (Fsp3) is 0.167. The fourth-order valence-corrected chi connectivity index (χ4v) is 1.03. The molecule has 2 aromatic heterocycles. The Bertz CT molecular complexity index is 405. The minimum absolute atomic E-state index is 0.488. The molecule has 6 heteroatoms. The van der Waals surface area contributed by atoms with E-state index in [2.05, 4.69) is 20.5 Å². The summed E-state index contributed by atoms with van der Waals surface area (Å²) in [6, 6.07) is 1.79. The van der Waals surface area contributed by atoms with Crippen LogP contribution < -0.4 is 11.3 Å². The molecule has 62 valence electrons. The van der Waals surface area contributed by atoms with Gasteiger partial charge in [-0.15, -0.1) is 0 Å². The predicted octanol–water partition coefficient (Wildman–Crippen LogP) is -0.282. The van der Waals surface area contributed by atoms with Crippen molar-refractivity contribution in [2.24, 2.45) is 5.84 Å². The predicted molar refractivity (Wildman–Crippen MR) is 43.3 cm³/mol. The third-order valence-electron chi connectivity index (χ3n) is 1.50. The van der Waals surface area contributed by atoms with Gasteiger partial charge < -0.3 is 0 Å². The number of fused-ring (bicyclic) bond motifs is 1. The number of anilines is 1. The Morgan fingerprint density at radius 2 is 2.33 bits per heavy atom. The van der Waals surface area contributed by atoms with Crippen LogP contribution in [0.5, 0.6) is 0 Å². The first-order valence-electron chi connectivity index (χ1n) is 3.46. The number of nitrogens with one attached hydrogen (secondary N) is 1. The van der Waals surface area contributed by atoms with Gasteiger partial charge in [0.15, 0.2) is 5.65 Å². The molecule has 2 aromatic rings. The number of hydrogen-bond donors (Lipinski definition) is 2. The van der Waals surface area contributed by atoms with E-state index < -0.39 is 0 Å². The van der Waals surface area contributed by atoms with Crippen molar-refractivity contribution in [2.45, 2.75) is 6.92 Å². The van der Waals surface area contributed by atoms with Crippen molar-refractivity contribution in [1.29, 1.82) is 0 Å². The van der Waals surface area contributed by atoms with Gasteiger partial charge in [-0.3, -0.25) is 5.43 Å². The van der Waals surface area contributed by atoms with Gasteiger partial charge in [-0.1, -0.05) is 0 Å². The van der Waals surface area contributed by atoms with Gasteiger partial charge in [0, 0.05) is 6.07 Å². The topological polar surface area (TPSA) is 81.1 Å². The monoisotopic (exact) mass is 164 g/mol. The van der Waals surface area contributed by atoms with Gasteiger partial charge in [0.2, 0.25) is 5.95 Å². The molecule has 6 nitrogen and oxygen atoms in total. The van der Waals surface area contributed by atoms with Gasteiger partial charge in [0.1, 0.15) is 5.82 Å². The molecule has 2 rings (SSSR count). The van der Waals surface area contributed by atoms with E-state index in [1.54, 1.807) is 19.2 Å². The van der Waals surface area contributed by atoms with Crippen LogP contribution in [0.15, 0.2) is 12.3 Å². The molecular formula is C6H8N6. The zero-order valence-corrected chi connectivity index (χ0v) is 6.52. The highest BCUT2D eigenvalue weighted by Gasteiger charge is 2.02. The molecular weight excluding hydrogens is 156 g/mol. The summed E-state index contributed by atoms with van der Waals surface area (Å²) in [6.45, 7) is 1.80. The van der Waals surface area contributed by atoms with E-state index in [0.29, 0.717) is 11.8 Å². The largest absolute Gasteiger partial charge is 0.292 e. The average molecular weight is 164 g/mol. The van der Waals surface area contributed by atoms with Crippen LogP contribution in [0.3, 0.4) is 0 Å². The van der Waals surface area contributed by atoms with Gasteiger partial charge in [0.05, 0.1) is 6.20 Å². The van der Waals surface area contributed by atoms with Gasteiger partial charge >= 0.3 is 0 Å². The second-order valence-electron chi connectivity index (χ2n) is 2.34. The zero-order valence-electron chi connectivity index (χ0n) is 6.52. The molecule has 0 unspecified atom stereocenters. The first-order valence-corrected chi connectivity index (χ1v) is 3.46. The summed E-state index contributed by atoms with van der Waals surface area (Å²) in [5.74, 6) is 6.39. The fourth-order valence-electron chi connectivity index (χ4n) is 1.03. The third kappa shape index (κ3) is 0.892. The lowest BCUT2D eigenvalue weighted by Crippen LogP contribution is -2.14. The molecule has 0 aromatic carbocycles. The van der Waals surface area contributed by atoms with E-state index in [-0.39, 0.29) is 0 Å². The van der Waals surface area contributed by atoms with Crippen molar-refractivity contribution in [1.82, 2.24) is 19.6 Å². The van der Waals surface area contributed by atoms with Crippen LogP contribution in [0.25, 0.3) is 5.65 Å². The van der Waals surface area contributed by atoms with E-state index in [1.165, 1.54) is 4.52 Å². The van der Waals surface area contributed by atoms with Crippen LogP contribution in [-0.4, -0.2) is 19.6 Å². The van der Waals surface area contributed by atoms with Crippen LogP contribution >= 0.6 is 0 Å². The molecule has 3 N–H and O–H groups in total. The zero-order chi connectivity index (χ0) is 8.55. The summed E-state index contributed by atoms with van der Waals surface area (Å²) in [6.07, 6.45) is 1.64. The van der Waals surface area contributed by atoms with Crippen molar-refractivity contribution in [3.63, 3.8) is 0 Å². The van der Waals surface area contributed by atoms with E-state index >= 15 is 0 Å². The molecule has 0 aliphatic heterocycles. The maximum absolute atomic E-state index is 5.24. The SMILES string of the molecule is Cc1nc(NN)n2nccc2n1. The highest BCUT2D eigenvalue weighted by Crippen LogP contribution is 2.04. The minimum atomic E-state index is 0.488. The molecule has 0 aliphatic rings. The maximum Gasteiger partial charge on any atom is 0.242 e. The van der Waals surface area contributed by atoms with Gasteiger partial charge in [-0.05, 0) is 6.92 Å². The molecule has 2 heterocycles. The van der Waals surface area contributed by atoms with Gasteiger partial charge in [-0.25, -0.2) is 10.8 Å². The molecule has 0 radical (unpaired) electrons. The molecule has 0 amide bonds. The van der Waals surface area contributed by atoms with Crippen molar-refractivity contribution in [2.75, 3.05) is 5.43 Å². The summed E-state index contributed by atoms with van der Waals surface area (Å²) in [5, 5.41) is 3.98. The normalized spacial score (nSPS) is 10.5. The molecule has 0 spiro atoms. The summed E-state index contributed by atoms with van der Waals surface area (Å²) in [7, 11) is 0. The van der Waals surface area contributed by atoms with E-state index in [0.717, 1.165) is 5.65 Å². The molecule has 0 aliphatic carbocycles. The van der Waals surface area contributed by atoms with Crippen molar-refractivity contribution < 1.29 is 0 Å². The van der Waals surface area contributed by atoms with Crippen LogP contribution in [0.4, 0.5) is 5.95 Å². The van der Waals surface area contributed by atoms with Crippen LogP contribution in [-0.2, 0) is 0 Å².